The SMILES string of the molecule is CNC(C)Cc1ccccc1S(=O)c1ccccc1.O=C(O)/C=C\C(=O)O. The Morgan fingerprint density at radius 3 is 2.04 bits per heavy atom. The molecule has 2 aromatic carbocycles. The first-order valence-electron chi connectivity index (χ1n) is 8.21. The zero-order valence-electron chi connectivity index (χ0n) is 15.2. The van der Waals surface area contributed by atoms with Gasteiger partial charge in [-0.3, -0.25) is 0 Å². The lowest BCUT2D eigenvalue weighted by molar-refractivity contribution is -0.134. The molecule has 6 nitrogen and oxygen atoms in total. The summed E-state index contributed by atoms with van der Waals surface area (Å²) in [5.41, 5.74) is 1.14. The maximum Gasteiger partial charge on any atom is 0.328 e. The smallest absolute Gasteiger partial charge is 0.328 e. The Balaban J connectivity index is 0.000000387. The number of likely N-dealkylation sites (N-methyl/N-ethyl adjacent to an activating group) is 1. The first-order valence-corrected chi connectivity index (χ1v) is 9.36. The van der Waals surface area contributed by atoms with E-state index in [4.69, 9.17) is 10.2 Å². The van der Waals surface area contributed by atoms with E-state index in [2.05, 4.69) is 18.3 Å². The number of carboxylic acids is 2. The van der Waals surface area contributed by atoms with E-state index in [9.17, 15) is 13.8 Å². The summed E-state index contributed by atoms with van der Waals surface area (Å²) >= 11 is 0. The second-order valence-electron chi connectivity index (χ2n) is 5.59. The normalized spacial score (nSPS) is 12.7. The van der Waals surface area contributed by atoms with Gasteiger partial charge in [-0.1, -0.05) is 36.4 Å². The standard InChI is InChI=1S/C16H19NOS.C4H4O4/c1-13(17-2)12-14-8-6-7-11-16(14)19(18)15-9-4-3-5-10-15;5-3(6)1-2-4(7)8/h3-11,13,17H,12H2,1-2H3;1-2H,(H,5,6)(H,7,8)/b;2-1-. The van der Waals surface area contributed by atoms with Crippen LogP contribution in [0.15, 0.2) is 76.5 Å². The first-order chi connectivity index (χ1) is 12.8. The molecular weight excluding hydrogens is 366 g/mol. The Labute approximate surface area is 161 Å². The van der Waals surface area contributed by atoms with Gasteiger partial charge in [0.2, 0.25) is 0 Å². The fourth-order valence-electron chi connectivity index (χ4n) is 2.10. The molecule has 3 N–H and O–H groups in total. The molecule has 27 heavy (non-hydrogen) atoms. The van der Waals surface area contributed by atoms with Crippen LogP contribution in [0.5, 0.6) is 0 Å². The van der Waals surface area contributed by atoms with Crippen molar-refractivity contribution in [1.82, 2.24) is 5.32 Å². The van der Waals surface area contributed by atoms with Crippen molar-refractivity contribution in [3.63, 3.8) is 0 Å². The molecule has 144 valence electrons. The molecule has 0 aliphatic heterocycles. The minimum Gasteiger partial charge on any atom is -0.478 e. The maximum atomic E-state index is 12.6. The Kier molecular flexibility index (Phi) is 9.71. The molecule has 0 amide bonds. The van der Waals surface area contributed by atoms with E-state index in [0.29, 0.717) is 18.2 Å². The van der Waals surface area contributed by atoms with Gasteiger partial charge < -0.3 is 15.5 Å². The summed E-state index contributed by atoms with van der Waals surface area (Å²) in [4.78, 5) is 20.9. The van der Waals surface area contributed by atoms with Crippen molar-refractivity contribution < 1.29 is 24.0 Å². The summed E-state index contributed by atoms with van der Waals surface area (Å²) in [5, 5.41) is 18.8. The molecule has 0 saturated heterocycles. The maximum absolute atomic E-state index is 12.6. The number of nitrogens with one attached hydrogen (secondary N) is 1. The van der Waals surface area contributed by atoms with Crippen LogP contribution >= 0.6 is 0 Å². The Hall–Kier alpha value is -2.77. The zero-order valence-corrected chi connectivity index (χ0v) is 16.0. The quantitative estimate of drug-likeness (QED) is 0.629. The molecule has 0 aromatic heterocycles. The number of benzene rings is 2. The lowest BCUT2D eigenvalue weighted by atomic mass is 10.1. The molecule has 0 saturated carbocycles. The van der Waals surface area contributed by atoms with Crippen LogP contribution < -0.4 is 5.32 Å². The lowest BCUT2D eigenvalue weighted by Crippen LogP contribution is -2.24. The Bertz CT molecular complexity index is 789. The van der Waals surface area contributed by atoms with E-state index < -0.39 is 22.7 Å². The second kappa shape index (κ2) is 11.8. The van der Waals surface area contributed by atoms with Gasteiger partial charge in [0.05, 0.1) is 10.8 Å². The topological polar surface area (TPSA) is 104 Å². The first kappa shape index (κ1) is 22.3. The average Bonchev–Trinajstić information content (AvgIpc) is 2.67. The Morgan fingerprint density at radius 1 is 1.00 bits per heavy atom. The van der Waals surface area contributed by atoms with Gasteiger partial charge >= 0.3 is 11.9 Å². The van der Waals surface area contributed by atoms with Crippen LogP contribution in [-0.4, -0.2) is 39.5 Å². The molecule has 0 heterocycles. The molecule has 2 aromatic rings. The molecule has 0 radical (unpaired) electrons. The van der Waals surface area contributed by atoms with E-state index in [0.717, 1.165) is 21.8 Å². The van der Waals surface area contributed by atoms with Gasteiger partial charge in [-0.2, -0.15) is 0 Å². The van der Waals surface area contributed by atoms with Crippen LogP contribution in [-0.2, 0) is 26.8 Å². The van der Waals surface area contributed by atoms with Crippen LogP contribution in [0.25, 0.3) is 0 Å². The van der Waals surface area contributed by atoms with E-state index in [-0.39, 0.29) is 0 Å². The molecule has 0 spiro atoms. The summed E-state index contributed by atoms with van der Waals surface area (Å²) in [7, 11) is 0.841. The summed E-state index contributed by atoms with van der Waals surface area (Å²) in [6.45, 7) is 2.13. The van der Waals surface area contributed by atoms with E-state index in [1.807, 2.05) is 55.6 Å². The molecule has 0 aliphatic rings. The van der Waals surface area contributed by atoms with E-state index >= 15 is 0 Å². The largest absolute Gasteiger partial charge is 0.478 e. The highest BCUT2D eigenvalue weighted by molar-refractivity contribution is 7.85. The van der Waals surface area contributed by atoms with Crippen LogP contribution in [0, 0.1) is 0 Å². The molecule has 7 heteroatoms. The zero-order chi connectivity index (χ0) is 20.2. The highest BCUT2D eigenvalue weighted by Gasteiger charge is 2.12. The molecule has 2 atom stereocenters. The lowest BCUT2D eigenvalue weighted by Gasteiger charge is -2.13. The fourth-order valence-corrected chi connectivity index (χ4v) is 3.35. The molecule has 0 bridgehead atoms. The minimum absolute atomic E-state index is 0.369. The van der Waals surface area contributed by atoms with Crippen LogP contribution in [0.3, 0.4) is 0 Å². The predicted molar refractivity (Wildman–Crippen MR) is 104 cm³/mol. The third kappa shape index (κ3) is 8.44. The number of aliphatic carboxylic acids is 2. The van der Waals surface area contributed by atoms with Crippen molar-refractivity contribution in [2.75, 3.05) is 7.05 Å². The fraction of sp³-hybridized carbons (Fsp3) is 0.200. The number of hydrogen-bond acceptors (Lipinski definition) is 4. The molecule has 0 aliphatic carbocycles. The highest BCUT2D eigenvalue weighted by Crippen LogP contribution is 2.21. The van der Waals surface area contributed by atoms with Crippen LogP contribution in [0.4, 0.5) is 0 Å². The molecule has 2 unspecified atom stereocenters. The van der Waals surface area contributed by atoms with Crippen LogP contribution in [0.1, 0.15) is 12.5 Å². The van der Waals surface area contributed by atoms with Gasteiger partial charge in [0.25, 0.3) is 0 Å². The summed E-state index contributed by atoms with van der Waals surface area (Å²) in [5.74, 6) is -2.51. The van der Waals surface area contributed by atoms with Gasteiger partial charge in [0.1, 0.15) is 0 Å². The van der Waals surface area contributed by atoms with Gasteiger partial charge in [0, 0.05) is 28.0 Å². The van der Waals surface area contributed by atoms with Crippen molar-refractivity contribution in [3.8, 4) is 0 Å². The third-order valence-electron chi connectivity index (χ3n) is 3.52. The number of carbonyl (C=O) groups is 2. The van der Waals surface area contributed by atoms with Gasteiger partial charge in [-0.05, 0) is 44.2 Å². The van der Waals surface area contributed by atoms with Crippen molar-refractivity contribution in [3.05, 3.63) is 72.3 Å². The number of carboxylic acid groups (broad SMARTS) is 2. The monoisotopic (exact) mass is 389 g/mol. The van der Waals surface area contributed by atoms with Crippen molar-refractivity contribution in [2.45, 2.75) is 29.2 Å². The molecule has 0 fully saturated rings. The number of hydrogen-bond donors (Lipinski definition) is 3. The molecular formula is C20H23NO5S. The highest BCUT2D eigenvalue weighted by atomic mass is 32.2. The molecule has 2 rings (SSSR count). The van der Waals surface area contributed by atoms with Gasteiger partial charge in [-0.15, -0.1) is 0 Å². The minimum atomic E-state index is -1.26. The third-order valence-corrected chi connectivity index (χ3v) is 5.02. The van der Waals surface area contributed by atoms with E-state index in [1.165, 1.54) is 0 Å². The number of rotatable bonds is 7. The second-order valence-corrected chi connectivity index (χ2v) is 7.04. The summed E-state index contributed by atoms with van der Waals surface area (Å²) < 4.78 is 12.6. The van der Waals surface area contributed by atoms with E-state index in [1.54, 1.807) is 0 Å². The van der Waals surface area contributed by atoms with Crippen molar-refractivity contribution >= 4 is 22.7 Å². The van der Waals surface area contributed by atoms with Crippen molar-refractivity contribution in [2.24, 2.45) is 0 Å². The van der Waals surface area contributed by atoms with Gasteiger partial charge in [0.15, 0.2) is 0 Å². The van der Waals surface area contributed by atoms with Crippen LogP contribution in [0.2, 0.25) is 0 Å². The predicted octanol–water partition coefficient (Wildman–Crippen LogP) is 2.72. The summed E-state index contributed by atoms with van der Waals surface area (Å²) in [6, 6.07) is 17.9. The Morgan fingerprint density at radius 2 is 1.52 bits per heavy atom. The van der Waals surface area contributed by atoms with Gasteiger partial charge in [-0.25, -0.2) is 13.8 Å². The van der Waals surface area contributed by atoms with Crippen molar-refractivity contribution in [1.29, 1.82) is 0 Å². The summed E-state index contributed by atoms with van der Waals surface area (Å²) in [6.07, 6.45) is 2.00. The average molecular weight is 389 g/mol.